The number of benzene rings is 2. The molecule has 1 aliphatic heterocycles. The summed E-state index contributed by atoms with van der Waals surface area (Å²) in [5.41, 5.74) is 1.55. The fourth-order valence-electron chi connectivity index (χ4n) is 4.77. The van der Waals surface area contributed by atoms with Crippen molar-refractivity contribution in [1.29, 1.82) is 0 Å². The standard InChI is InChI=1S/C26H32N2O6S/c1-33-24-14-13-21(35(31,32)28-16-15-19-9-7-8-12-23(19)28)17-22(24)26(30)34-18-25(29)27-20-10-5-3-2-4-6-11-20/h7-9,12-14,17,20H,2-6,10-11,15-16,18H2,1H3,(H,27,29). The second-order valence-electron chi connectivity index (χ2n) is 9.00. The largest absolute Gasteiger partial charge is 0.496 e. The quantitative estimate of drug-likeness (QED) is 0.580. The van der Waals surface area contributed by atoms with Crippen LogP contribution in [0.3, 0.4) is 0 Å². The molecule has 8 nitrogen and oxygen atoms in total. The number of carbonyl (C=O) groups excluding carboxylic acids is 2. The smallest absolute Gasteiger partial charge is 0.342 e. The van der Waals surface area contributed by atoms with Gasteiger partial charge in [-0.05, 0) is 49.1 Å². The average Bonchev–Trinajstić information content (AvgIpc) is 3.29. The van der Waals surface area contributed by atoms with E-state index in [4.69, 9.17) is 9.47 Å². The van der Waals surface area contributed by atoms with Crippen molar-refractivity contribution in [3.63, 3.8) is 0 Å². The van der Waals surface area contributed by atoms with Crippen molar-refractivity contribution < 1.29 is 27.5 Å². The fourth-order valence-corrected chi connectivity index (χ4v) is 6.30. The Kier molecular flexibility index (Phi) is 7.95. The van der Waals surface area contributed by atoms with Crippen LogP contribution in [0.1, 0.15) is 60.9 Å². The van der Waals surface area contributed by atoms with Crippen LogP contribution in [0, 0.1) is 0 Å². The molecule has 1 N–H and O–H groups in total. The molecular formula is C26H32N2O6S. The van der Waals surface area contributed by atoms with Crippen LogP contribution in [0.25, 0.3) is 0 Å². The monoisotopic (exact) mass is 500 g/mol. The number of rotatable bonds is 7. The van der Waals surface area contributed by atoms with Crippen LogP contribution in [0.5, 0.6) is 5.75 Å². The van der Waals surface area contributed by atoms with Gasteiger partial charge in [0.25, 0.3) is 15.9 Å². The Morgan fingerprint density at radius 3 is 2.49 bits per heavy atom. The van der Waals surface area contributed by atoms with E-state index in [1.165, 1.54) is 48.9 Å². The second-order valence-corrected chi connectivity index (χ2v) is 10.9. The Labute approximate surface area is 206 Å². The highest BCUT2D eigenvalue weighted by Gasteiger charge is 2.32. The van der Waals surface area contributed by atoms with Gasteiger partial charge < -0.3 is 14.8 Å². The third kappa shape index (κ3) is 5.78. The van der Waals surface area contributed by atoms with Gasteiger partial charge in [-0.3, -0.25) is 9.10 Å². The molecule has 188 valence electrons. The van der Waals surface area contributed by atoms with Crippen LogP contribution in [0.4, 0.5) is 5.69 Å². The van der Waals surface area contributed by atoms with Gasteiger partial charge in [-0.2, -0.15) is 0 Å². The average molecular weight is 501 g/mol. The minimum Gasteiger partial charge on any atom is -0.496 e. The number of anilines is 1. The lowest BCUT2D eigenvalue weighted by molar-refractivity contribution is -0.125. The first-order chi connectivity index (χ1) is 16.9. The first kappa shape index (κ1) is 25.0. The number of carbonyl (C=O) groups is 2. The van der Waals surface area contributed by atoms with E-state index >= 15 is 0 Å². The lowest BCUT2D eigenvalue weighted by Gasteiger charge is -2.21. The Morgan fingerprint density at radius 1 is 1.03 bits per heavy atom. The lowest BCUT2D eigenvalue weighted by atomic mass is 9.97. The minimum atomic E-state index is -3.90. The Balaban J connectivity index is 1.45. The van der Waals surface area contributed by atoms with E-state index in [9.17, 15) is 18.0 Å². The number of nitrogens with one attached hydrogen (secondary N) is 1. The van der Waals surface area contributed by atoms with Crippen molar-refractivity contribution in [3.8, 4) is 5.75 Å². The molecule has 0 unspecified atom stereocenters. The molecule has 0 bridgehead atoms. The maximum atomic E-state index is 13.4. The third-order valence-electron chi connectivity index (χ3n) is 6.63. The molecule has 1 fully saturated rings. The van der Waals surface area contributed by atoms with E-state index in [0.717, 1.165) is 31.2 Å². The van der Waals surface area contributed by atoms with Crippen molar-refractivity contribution in [2.24, 2.45) is 0 Å². The number of hydrogen-bond acceptors (Lipinski definition) is 6. The summed E-state index contributed by atoms with van der Waals surface area (Å²) in [4.78, 5) is 25.2. The molecule has 4 rings (SSSR count). The molecule has 2 aliphatic rings. The van der Waals surface area contributed by atoms with Crippen LogP contribution in [0.2, 0.25) is 0 Å². The summed E-state index contributed by atoms with van der Waals surface area (Å²) in [7, 11) is -2.51. The summed E-state index contributed by atoms with van der Waals surface area (Å²) >= 11 is 0. The zero-order valence-corrected chi connectivity index (χ0v) is 20.8. The summed E-state index contributed by atoms with van der Waals surface area (Å²) in [5.74, 6) is -0.995. The molecule has 0 saturated heterocycles. The third-order valence-corrected chi connectivity index (χ3v) is 8.44. The fraction of sp³-hybridized carbons (Fsp3) is 0.462. The molecule has 0 spiro atoms. The minimum absolute atomic E-state index is 0.0408. The van der Waals surface area contributed by atoms with Gasteiger partial charge in [-0.15, -0.1) is 0 Å². The molecule has 0 radical (unpaired) electrons. The maximum Gasteiger partial charge on any atom is 0.342 e. The Morgan fingerprint density at radius 2 is 1.74 bits per heavy atom. The number of para-hydroxylation sites is 1. The number of ether oxygens (including phenoxy) is 2. The van der Waals surface area contributed by atoms with E-state index in [-0.39, 0.29) is 28.2 Å². The van der Waals surface area contributed by atoms with E-state index in [1.54, 1.807) is 12.1 Å². The summed E-state index contributed by atoms with van der Waals surface area (Å²) in [6, 6.07) is 11.5. The molecule has 1 saturated carbocycles. The molecule has 0 aromatic heterocycles. The second kappa shape index (κ2) is 11.1. The highest BCUT2D eigenvalue weighted by atomic mass is 32.2. The van der Waals surface area contributed by atoms with Crippen LogP contribution < -0.4 is 14.4 Å². The highest BCUT2D eigenvalue weighted by Crippen LogP contribution is 2.34. The zero-order valence-electron chi connectivity index (χ0n) is 20.0. The van der Waals surface area contributed by atoms with Crippen LogP contribution in [0.15, 0.2) is 47.4 Å². The van der Waals surface area contributed by atoms with Crippen LogP contribution in [-0.4, -0.2) is 46.6 Å². The maximum absolute atomic E-state index is 13.4. The molecule has 9 heteroatoms. The van der Waals surface area contributed by atoms with Crippen molar-refractivity contribution >= 4 is 27.6 Å². The SMILES string of the molecule is COc1ccc(S(=O)(=O)N2CCc3ccccc32)cc1C(=O)OCC(=O)NC1CCCCCCC1. The van der Waals surface area contributed by atoms with Crippen LogP contribution in [-0.2, 0) is 26.0 Å². The highest BCUT2D eigenvalue weighted by molar-refractivity contribution is 7.92. The molecule has 1 heterocycles. The van der Waals surface area contributed by atoms with E-state index < -0.39 is 22.6 Å². The van der Waals surface area contributed by atoms with Crippen LogP contribution >= 0.6 is 0 Å². The van der Waals surface area contributed by atoms with E-state index in [1.807, 2.05) is 12.1 Å². The molecule has 35 heavy (non-hydrogen) atoms. The van der Waals surface area contributed by atoms with Crippen molar-refractivity contribution in [2.45, 2.75) is 62.3 Å². The van der Waals surface area contributed by atoms with E-state index in [0.29, 0.717) is 18.7 Å². The first-order valence-corrected chi connectivity index (χ1v) is 13.6. The van der Waals surface area contributed by atoms with Crippen molar-refractivity contribution in [3.05, 3.63) is 53.6 Å². The number of fused-ring (bicyclic) bond motifs is 1. The lowest BCUT2D eigenvalue weighted by Crippen LogP contribution is -2.38. The first-order valence-electron chi connectivity index (χ1n) is 12.2. The molecule has 0 atom stereocenters. The Hall–Kier alpha value is -3.07. The van der Waals surface area contributed by atoms with E-state index in [2.05, 4.69) is 5.32 Å². The number of hydrogen-bond donors (Lipinski definition) is 1. The van der Waals surface area contributed by atoms with Gasteiger partial charge in [0.1, 0.15) is 11.3 Å². The molecule has 1 aliphatic carbocycles. The zero-order chi connectivity index (χ0) is 24.8. The summed E-state index contributed by atoms with van der Waals surface area (Å²) in [6.07, 6.45) is 8.19. The Bertz CT molecular complexity index is 1170. The van der Waals surface area contributed by atoms with Gasteiger partial charge >= 0.3 is 5.97 Å². The van der Waals surface area contributed by atoms with Gasteiger partial charge in [0.2, 0.25) is 0 Å². The summed E-state index contributed by atoms with van der Waals surface area (Å²) in [5, 5.41) is 2.95. The number of nitrogens with zero attached hydrogens (tertiary/aromatic N) is 1. The number of esters is 1. The number of methoxy groups -OCH3 is 1. The summed E-state index contributed by atoms with van der Waals surface area (Å²) < 4.78 is 38.6. The van der Waals surface area contributed by atoms with Gasteiger partial charge in [-0.1, -0.05) is 50.3 Å². The van der Waals surface area contributed by atoms with Crippen molar-refractivity contribution in [1.82, 2.24) is 5.32 Å². The predicted octanol–water partition coefficient (Wildman–Crippen LogP) is 3.83. The molecule has 1 amide bonds. The molecular weight excluding hydrogens is 468 g/mol. The topological polar surface area (TPSA) is 102 Å². The summed E-state index contributed by atoms with van der Waals surface area (Å²) in [6.45, 7) is -0.107. The predicted molar refractivity (Wildman–Crippen MR) is 132 cm³/mol. The van der Waals surface area contributed by atoms with Gasteiger partial charge in [-0.25, -0.2) is 13.2 Å². The molecule has 2 aromatic carbocycles. The van der Waals surface area contributed by atoms with Gasteiger partial charge in [0.15, 0.2) is 6.61 Å². The van der Waals surface area contributed by atoms with Gasteiger partial charge in [0, 0.05) is 12.6 Å². The van der Waals surface area contributed by atoms with Gasteiger partial charge in [0.05, 0.1) is 17.7 Å². The normalized spacial score (nSPS) is 16.7. The van der Waals surface area contributed by atoms with Crippen molar-refractivity contribution in [2.75, 3.05) is 24.6 Å². The number of amides is 1. The number of sulfonamides is 1. The molecule has 2 aromatic rings.